The third-order valence-corrected chi connectivity index (χ3v) is 4.16. The number of hydrogen-bond donors (Lipinski definition) is 4. The van der Waals surface area contributed by atoms with E-state index in [9.17, 15) is 14.7 Å². The van der Waals surface area contributed by atoms with Gasteiger partial charge in [0.2, 0.25) is 11.9 Å². The van der Waals surface area contributed by atoms with Crippen LogP contribution in [0, 0.1) is 0 Å². The molecule has 4 N–H and O–H groups in total. The Balaban J connectivity index is 1.57. The lowest BCUT2D eigenvalue weighted by Crippen LogP contribution is -2.35. The summed E-state index contributed by atoms with van der Waals surface area (Å²) < 4.78 is 5.18. The molecule has 0 aromatic heterocycles. The first-order valence-corrected chi connectivity index (χ1v) is 8.92. The first-order chi connectivity index (χ1) is 13.9. The second-order valence-electron chi connectivity index (χ2n) is 6.04. The smallest absolute Gasteiger partial charge is 0.252 e. The van der Waals surface area contributed by atoms with Crippen molar-refractivity contribution in [2.45, 2.75) is 12.5 Å². The Morgan fingerprint density at radius 3 is 2.83 bits per heavy atom. The van der Waals surface area contributed by atoms with Crippen molar-refractivity contribution in [2.24, 2.45) is 10.1 Å². The lowest BCUT2D eigenvalue weighted by atomic mass is 10.2. The number of halogens is 1. The number of guanidine groups is 1. The highest BCUT2D eigenvalue weighted by atomic mass is 35.5. The molecule has 2 aromatic carbocycles. The molecule has 3 rings (SSSR count). The Morgan fingerprint density at radius 1 is 1.34 bits per heavy atom. The van der Waals surface area contributed by atoms with E-state index in [1.54, 1.807) is 30.3 Å². The molecule has 29 heavy (non-hydrogen) atoms. The summed E-state index contributed by atoms with van der Waals surface area (Å²) in [5, 5.41) is 18.8. The van der Waals surface area contributed by atoms with Gasteiger partial charge in [0, 0.05) is 5.02 Å². The molecule has 150 valence electrons. The van der Waals surface area contributed by atoms with Gasteiger partial charge in [0.05, 0.1) is 25.4 Å². The lowest BCUT2D eigenvalue weighted by molar-refractivity contribution is -0.123. The minimum Gasteiger partial charge on any atom is -0.508 e. The maximum atomic E-state index is 12.3. The van der Waals surface area contributed by atoms with Gasteiger partial charge in [-0.05, 0) is 48.0 Å². The van der Waals surface area contributed by atoms with Crippen molar-refractivity contribution in [1.82, 2.24) is 10.7 Å². The van der Waals surface area contributed by atoms with Crippen molar-refractivity contribution in [1.29, 1.82) is 0 Å². The van der Waals surface area contributed by atoms with Gasteiger partial charge in [-0.3, -0.25) is 14.9 Å². The Labute approximate surface area is 171 Å². The van der Waals surface area contributed by atoms with Gasteiger partial charge in [0.25, 0.3) is 5.91 Å². The SMILES string of the molecule is COc1ccc(Cl)cc1NC(=O)C[C@H]1N=C(N/N=C\c2ccc(O)cc2)NC1=O. The average Bonchev–Trinajstić information content (AvgIpc) is 3.02. The van der Waals surface area contributed by atoms with Crippen LogP contribution in [0.5, 0.6) is 11.5 Å². The number of ether oxygens (including phenoxy) is 1. The monoisotopic (exact) mass is 415 g/mol. The molecule has 1 atom stereocenters. The minimum atomic E-state index is -0.883. The average molecular weight is 416 g/mol. The zero-order valence-electron chi connectivity index (χ0n) is 15.3. The van der Waals surface area contributed by atoms with E-state index in [-0.39, 0.29) is 18.1 Å². The van der Waals surface area contributed by atoms with Crippen molar-refractivity contribution in [2.75, 3.05) is 12.4 Å². The van der Waals surface area contributed by atoms with Gasteiger partial charge in [-0.15, -0.1) is 0 Å². The molecule has 1 aliphatic rings. The number of phenolic OH excluding ortho intramolecular Hbond substituents is 1. The number of nitrogens with one attached hydrogen (secondary N) is 3. The van der Waals surface area contributed by atoms with E-state index in [1.165, 1.54) is 25.5 Å². The van der Waals surface area contributed by atoms with Crippen LogP contribution in [0.4, 0.5) is 5.69 Å². The van der Waals surface area contributed by atoms with Crippen LogP contribution in [0.3, 0.4) is 0 Å². The van der Waals surface area contributed by atoms with Gasteiger partial charge >= 0.3 is 0 Å². The van der Waals surface area contributed by atoms with E-state index in [4.69, 9.17) is 16.3 Å². The summed E-state index contributed by atoms with van der Waals surface area (Å²) in [5.74, 6) is -0.0841. The number of hydrazone groups is 1. The Hall–Kier alpha value is -3.59. The second-order valence-corrected chi connectivity index (χ2v) is 6.48. The molecule has 0 fully saturated rings. The number of carbonyl (C=O) groups is 2. The number of aliphatic imine (C=N–C) groups is 1. The molecule has 0 saturated carbocycles. The largest absolute Gasteiger partial charge is 0.508 e. The fourth-order valence-electron chi connectivity index (χ4n) is 2.52. The molecule has 0 spiro atoms. The number of nitrogens with zero attached hydrogens (tertiary/aromatic N) is 2. The normalized spacial score (nSPS) is 15.7. The first kappa shape index (κ1) is 20.2. The first-order valence-electron chi connectivity index (χ1n) is 8.55. The Bertz CT molecular complexity index is 975. The minimum absolute atomic E-state index is 0.142. The van der Waals surface area contributed by atoms with Crippen LogP contribution in [0.2, 0.25) is 5.02 Å². The molecule has 0 bridgehead atoms. The number of amides is 2. The summed E-state index contributed by atoms with van der Waals surface area (Å²) in [4.78, 5) is 28.5. The summed E-state index contributed by atoms with van der Waals surface area (Å²) in [6.07, 6.45) is 1.34. The topological polar surface area (TPSA) is 124 Å². The van der Waals surface area contributed by atoms with E-state index in [1.807, 2.05) is 0 Å². The molecule has 2 amide bonds. The number of rotatable bonds is 6. The molecular weight excluding hydrogens is 398 g/mol. The summed E-state index contributed by atoms with van der Waals surface area (Å²) >= 11 is 5.94. The fraction of sp³-hybridized carbons (Fsp3) is 0.158. The van der Waals surface area contributed by atoms with E-state index >= 15 is 0 Å². The lowest BCUT2D eigenvalue weighted by Gasteiger charge is -2.11. The van der Waals surface area contributed by atoms with Crippen molar-refractivity contribution in [3.05, 3.63) is 53.1 Å². The summed E-state index contributed by atoms with van der Waals surface area (Å²) in [6.45, 7) is 0. The van der Waals surface area contributed by atoms with Crippen LogP contribution in [-0.4, -0.2) is 42.2 Å². The number of hydrogen-bond acceptors (Lipinski definition) is 7. The van der Waals surface area contributed by atoms with Crippen LogP contribution in [0.25, 0.3) is 0 Å². The molecule has 10 heteroatoms. The third kappa shape index (κ3) is 5.45. The molecule has 0 radical (unpaired) electrons. The molecule has 9 nitrogen and oxygen atoms in total. The van der Waals surface area contributed by atoms with E-state index in [0.717, 1.165) is 5.56 Å². The predicted octanol–water partition coefficient (Wildman–Crippen LogP) is 1.86. The van der Waals surface area contributed by atoms with Gasteiger partial charge in [0.1, 0.15) is 17.5 Å². The number of benzene rings is 2. The zero-order chi connectivity index (χ0) is 20.8. The predicted molar refractivity (Wildman–Crippen MR) is 109 cm³/mol. The van der Waals surface area contributed by atoms with Gasteiger partial charge in [0.15, 0.2) is 0 Å². The molecule has 0 unspecified atom stereocenters. The molecule has 0 saturated heterocycles. The standard InChI is InChI=1S/C19H18ClN5O4/c1-29-16-7-4-12(20)8-14(16)22-17(27)9-15-18(28)24-19(23-15)25-21-10-11-2-5-13(26)6-3-11/h2-8,10,15,26H,9H2,1H3,(H,22,27)(H2,23,24,25,28)/b21-10-/t15-/m1/s1. The van der Waals surface area contributed by atoms with E-state index in [2.05, 4.69) is 26.2 Å². The summed E-state index contributed by atoms with van der Waals surface area (Å²) in [7, 11) is 1.48. The highest BCUT2D eigenvalue weighted by molar-refractivity contribution is 6.31. The Morgan fingerprint density at radius 2 is 2.10 bits per heavy atom. The van der Waals surface area contributed by atoms with E-state index in [0.29, 0.717) is 16.5 Å². The van der Waals surface area contributed by atoms with Gasteiger partial charge in [-0.25, -0.2) is 10.4 Å². The van der Waals surface area contributed by atoms with Crippen LogP contribution >= 0.6 is 11.6 Å². The molecule has 1 aliphatic heterocycles. The van der Waals surface area contributed by atoms with Crippen molar-refractivity contribution < 1.29 is 19.4 Å². The quantitative estimate of drug-likeness (QED) is 0.423. The van der Waals surface area contributed by atoms with Crippen molar-refractivity contribution >= 4 is 41.3 Å². The summed E-state index contributed by atoms with van der Waals surface area (Å²) in [5.41, 5.74) is 3.76. The van der Waals surface area contributed by atoms with E-state index < -0.39 is 17.9 Å². The highest BCUT2D eigenvalue weighted by Crippen LogP contribution is 2.27. The van der Waals surface area contributed by atoms with Crippen LogP contribution in [-0.2, 0) is 9.59 Å². The number of anilines is 1. The number of methoxy groups -OCH3 is 1. The summed E-state index contributed by atoms with van der Waals surface area (Å²) in [6, 6.07) is 10.3. The maximum Gasteiger partial charge on any atom is 0.252 e. The number of phenols is 1. The van der Waals surface area contributed by atoms with Crippen molar-refractivity contribution in [3.63, 3.8) is 0 Å². The zero-order valence-corrected chi connectivity index (χ0v) is 16.1. The number of carbonyl (C=O) groups excluding carboxylic acids is 2. The van der Waals surface area contributed by atoms with Gasteiger partial charge < -0.3 is 15.2 Å². The molecule has 2 aromatic rings. The maximum absolute atomic E-state index is 12.3. The van der Waals surface area contributed by atoms with Gasteiger partial charge in [-0.2, -0.15) is 5.10 Å². The molecule has 1 heterocycles. The third-order valence-electron chi connectivity index (χ3n) is 3.92. The highest BCUT2D eigenvalue weighted by Gasteiger charge is 2.28. The molecular formula is C19H18ClN5O4. The van der Waals surface area contributed by atoms with Crippen LogP contribution in [0.1, 0.15) is 12.0 Å². The molecule has 0 aliphatic carbocycles. The van der Waals surface area contributed by atoms with Crippen molar-refractivity contribution in [3.8, 4) is 11.5 Å². The second kappa shape index (κ2) is 9.07. The van der Waals surface area contributed by atoms with Crippen LogP contribution in [0.15, 0.2) is 52.6 Å². The van der Waals surface area contributed by atoms with Crippen LogP contribution < -0.4 is 20.8 Å². The Kier molecular flexibility index (Phi) is 6.30. The number of aromatic hydroxyl groups is 1. The fourth-order valence-corrected chi connectivity index (χ4v) is 2.70. The van der Waals surface area contributed by atoms with Gasteiger partial charge in [-0.1, -0.05) is 11.6 Å².